The van der Waals surface area contributed by atoms with E-state index in [4.69, 9.17) is 4.42 Å². The van der Waals surface area contributed by atoms with Crippen LogP contribution < -0.4 is 0 Å². The van der Waals surface area contributed by atoms with Crippen molar-refractivity contribution in [3.05, 3.63) is 60.8 Å². The van der Waals surface area contributed by atoms with Gasteiger partial charge < -0.3 is 4.42 Å². The molecule has 0 aliphatic heterocycles. The predicted molar refractivity (Wildman–Crippen MR) is 70.8 cm³/mol. The molecule has 0 N–H and O–H groups in total. The van der Waals surface area contributed by atoms with E-state index in [1.54, 1.807) is 0 Å². The number of nitrogens with zero attached hydrogens (tertiary/aromatic N) is 2. The van der Waals surface area contributed by atoms with Crippen molar-refractivity contribution in [3.63, 3.8) is 0 Å². The zero-order chi connectivity index (χ0) is 11.9. The molecule has 0 spiro atoms. The molecule has 2 aromatic heterocycles. The number of rotatable bonds is 1. The van der Waals surface area contributed by atoms with E-state index in [1.807, 2.05) is 59.4 Å². The Labute approximate surface area is 103 Å². The fraction of sp³-hybridized carbons (Fsp3) is 0. The predicted octanol–water partition coefficient (Wildman–Crippen LogP) is 3.77. The summed E-state index contributed by atoms with van der Waals surface area (Å²) in [5.41, 5.74) is 2.70. The molecule has 0 amide bonds. The quantitative estimate of drug-likeness (QED) is 0.502. The molecule has 18 heavy (non-hydrogen) atoms. The third kappa shape index (κ3) is 1.21. The lowest BCUT2D eigenvalue weighted by atomic mass is 10.2. The lowest BCUT2D eigenvalue weighted by Crippen LogP contribution is -1.93. The minimum absolute atomic E-state index is 0.794. The highest BCUT2D eigenvalue weighted by atomic mass is 16.3. The van der Waals surface area contributed by atoms with Crippen LogP contribution in [0.15, 0.2) is 65.2 Å². The Kier molecular flexibility index (Phi) is 1.83. The number of hydrogen-bond donors (Lipinski definition) is 0. The molecule has 0 saturated heterocycles. The molecule has 2 aromatic carbocycles. The molecule has 0 aliphatic carbocycles. The van der Waals surface area contributed by atoms with Gasteiger partial charge in [0.2, 0.25) is 5.71 Å². The molecule has 0 radical (unpaired) electrons. The first-order valence-electron chi connectivity index (χ1n) is 5.84. The third-order valence-electron chi connectivity index (χ3n) is 3.11. The molecule has 0 fully saturated rings. The Morgan fingerprint density at radius 2 is 1.61 bits per heavy atom. The molecular formula is C15H10N2O. The second-order valence-electron chi connectivity index (χ2n) is 4.21. The monoisotopic (exact) mass is 234 g/mol. The van der Waals surface area contributed by atoms with E-state index in [-0.39, 0.29) is 0 Å². The van der Waals surface area contributed by atoms with Gasteiger partial charge in [-0.25, -0.2) is 4.68 Å². The maximum Gasteiger partial charge on any atom is 0.230 e. The van der Waals surface area contributed by atoms with Crippen LogP contribution in [0.4, 0.5) is 0 Å². The number of hydrogen-bond acceptors (Lipinski definition) is 2. The first-order chi connectivity index (χ1) is 8.93. The highest BCUT2D eigenvalue weighted by Gasteiger charge is 2.12. The Balaban J connectivity index is 2.08. The molecular weight excluding hydrogens is 224 g/mol. The minimum Gasteiger partial charge on any atom is -0.438 e. The molecule has 0 saturated carbocycles. The van der Waals surface area contributed by atoms with Gasteiger partial charge in [-0.05, 0) is 18.2 Å². The van der Waals surface area contributed by atoms with Gasteiger partial charge in [0.1, 0.15) is 5.58 Å². The van der Waals surface area contributed by atoms with E-state index in [2.05, 4.69) is 11.2 Å². The van der Waals surface area contributed by atoms with E-state index in [0.717, 1.165) is 27.8 Å². The standard InChI is InChI=1S/C15H10N2O/c1-2-6-11(7-3-1)17-15-13(10-16-17)12-8-4-5-9-14(12)18-15/h1-10H. The molecule has 0 bridgehead atoms. The van der Waals surface area contributed by atoms with Crippen molar-refractivity contribution >= 4 is 22.1 Å². The largest absolute Gasteiger partial charge is 0.438 e. The van der Waals surface area contributed by atoms with Crippen LogP contribution in [-0.4, -0.2) is 9.78 Å². The molecule has 0 unspecified atom stereocenters. The topological polar surface area (TPSA) is 31.0 Å². The van der Waals surface area contributed by atoms with Crippen molar-refractivity contribution < 1.29 is 4.42 Å². The van der Waals surface area contributed by atoms with E-state index >= 15 is 0 Å². The Hall–Kier alpha value is -2.55. The molecule has 0 aliphatic rings. The highest BCUT2D eigenvalue weighted by Crippen LogP contribution is 2.29. The summed E-state index contributed by atoms with van der Waals surface area (Å²) in [4.78, 5) is 0. The van der Waals surface area contributed by atoms with Gasteiger partial charge in [0.25, 0.3) is 0 Å². The Morgan fingerprint density at radius 1 is 0.833 bits per heavy atom. The number of aromatic nitrogens is 2. The Bertz CT molecular complexity index is 827. The second kappa shape index (κ2) is 3.47. The first kappa shape index (κ1) is 9.48. The van der Waals surface area contributed by atoms with Crippen molar-refractivity contribution in [2.24, 2.45) is 0 Å². The van der Waals surface area contributed by atoms with Gasteiger partial charge >= 0.3 is 0 Å². The Morgan fingerprint density at radius 3 is 2.50 bits per heavy atom. The van der Waals surface area contributed by atoms with Crippen LogP contribution in [0.1, 0.15) is 0 Å². The fourth-order valence-corrected chi connectivity index (χ4v) is 2.26. The summed E-state index contributed by atoms with van der Waals surface area (Å²) in [5, 5.41) is 6.56. The third-order valence-corrected chi connectivity index (χ3v) is 3.11. The van der Waals surface area contributed by atoms with Gasteiger partial charge in [0.05, 0.1) is 17.3 Å². The maximum atomic E-state index is 5.88. The number of para-hydroxylation sites is 2. The lowest BCUT2D eigenvalue weighted by molar-refractivity contribution is 0.629. The van der Waals surface area contributed by atoms with Crippen LogP contribution in [0.25, 0.3) is 27.8 Å². The minimum atomic E-state index is 0.794. The molecule has 3 heteroatoms. The molecule has 3 nitrogen and oxygen atoms in total. The summed E-state index contributed by atoms with van der Waals surface area (Å²) >= 11 is 0. The summed E-state index contributed by atoms with van der Waals surface area (Å²) in [6, 6.07) is 18.0. The van der Waals surface area contributed by atoms with E-state index < -0.39 is 0 Å². The highest BCUT2D eigenvalue weighted by molar-refractivity contribution is 6.03. The smallest absolute Gasteiger partial charge is 0.230 e. The average Bonchev–Trinajstić information content (AvgIpc) is 2.98. The lowest BCUT2D eigenvalue weighted by Gasteiger charge is -1.99. The summed E-state index contributed by atoms with van der Waals surface area (Å²) < 4.78 is 7.71. The van der Waals surface area contributed by atoms with Crippen LogP contribution in [0.5, 0.6) is 0 Å². The molecule has 86 valence electrons. The van der Waals surface area contributed by atoms with Crippen molar-refractivity contribution in [3.8, 4) is 5.69 Å². The number of benzene rings is 2. The van der Waals surface area contributed by atoms with Gasteiger partial charge in [-0.2, -0.15) is 5.10 Å². The summed E-state index contributed by atoms with van der Waals surface area (Å²) in [6.07, 6.45) is 1.86. The van der Waals surface area contributed by atoms with Gasteiger partial charge in [-0.3, -0.25) is 0 Å². The molecule has 2 heterocycles. The van der Waals surface area contributed by atoms with Crippen LogP contribution in [0.2, 0.25) is 0 Å². The SMILES string of the molecule is c1ccc(-n2ncc3c4ccccc4oc32)cc1. The summed E-state index contributed by atoms with van der Waals surface area (Å²) in [7, 11) is 0. The summed E-state index contributed by atoms with van der Waals surface area (Å²) in [6.45, 7) is 0. The van der Waals surface area contributed by atoms with Crippen molar-refractivity contribution in [1.82, 2.24) is 9.78 Å². The maximum absolute atomic E-state index is 5.88. The number of fused-ring (bicyclic) bond motifs is 3. The molecule has 4 aromatic rings. The van der Waals surface area contributed by atoms with Crippen LogP contribution in [0.3, 0.4) is 0 Å². The second-order valence-corrected chi connectivity index (χ2v) is 4.21. The average molecular weight is 234 g/mol. The normalized spacial score (nSPS) is 11.3. The fourth-order valence-electron chi connectivity index (χ4n) is 2.26. The zero-order valence-corrected chi connectivity index (χ0v) is 9.58. The summed E-state index contributed by atoms with van der Waals surface area (Å²) in [5.74, 6) is 0. The first-order valence-corrected chi connectivity index (χ1v) is 5.84. The van der Waals surface area contributed by atoms with Crippen LogP contribution in [0, 0.1) is 0 Å². The van der Waals surface area contributed by atoms with E-state index in [9.17, 15) is 0 Å². The number of furan rings is 1. The van der Waals surface area contributed by atoms with Gasteiger partial charge in [-0.1, -0.05) is 36.4 Å². The van der Waals surface area contributed by atoms with Crippen LogP contribution in [-0.2, 0) is 0 Å². The van der Waals surface area contributed by atoms with Gasteiger partial charge in [0.15, 0.2) is 0 Å². The van der Waals surface area contributed by atoms with E-state index in [1.165, 1.54) is 0 Å². The van der Waals surface area contributed by atoms with Gasteiger partial charge in [0, 0.05) is 5.39 Å². The van der Waals surface area contributed by atoms with Gasteiger partial charge in [-0.15, -0.1) is 0 Å². The van der Waals surface area contributed by atoms with Crippen LogP contribution >= 0.6 is 0 Å². The van der Waals surface area contributed by atoms with E-state index in [0.29, 0.717) is 0 Å². The zero-order valence-electron chi connectivity index (χ0n) is 9.58. The van der Waals surface area contributed by atoms with Crippen molar-refractivity contribution in [2.45, 2.75) is 0 Å². The molecule has 0 atom stereocenters. The van der Waals surface area contributed by atoms with Crippen molar-refractivity contribution in [1.29, 1.82) is 0 Å². The molecule has 4 rings (SSSR count). The van der Waals surface area contributed by atoms with Crippen molar-refractivity contribution in [2.75, 3.05) is 0 Å².